The number of rotatable bonds is 6. The predicted molar refractivity (Wildman–Crippen MR) is 73.1 cm³/mol. The van der Waals surface area contributed by atoms with Crippen LogP contribution < -0.4 is 11.2 Å². The summed E-state index contributed by atoms with van der Waals surface area (Å²) in [7, 11) is 0. The maximum Gasteiger partial charge on any atom is 0.325 e. The van der Waals surface area contributed by atoms with Crippen LogP contribution in [0.5, 0.6) is 0 Å². The number of amides is 1. The van der Waals surface area contributed by atoms with E-state index in [9.17, 15) is 19.2 Å². The van der Waals surface area contributed by atoms with Crippen LogP contribution in [0, 0.1) is 6.92 Å². The Morgan fingerprint density at radius 3 is 2.48 bits per heavy atom. The van der Waals surface area contributed by atoms with Crippen molar-refractivity contribution in [2.24, 2.45) is 0 Å². The minimum absolute atomic E-state index is 0.00330. The number of nitrogens with zero attached hydrogens (tertiary/aromatic N) is 1. The Bertz CT molecular complexity index is 671. The topological polar surface area (TPSA) is 123 Å². The zero-order valence-corrected chi connectivity index (χ0v) is 11.6. The van der Waals surface area contributed by atoms with E-state index in [-0.39, 0.29) is 31.3 Å². The number of carboxylic acids is 1. The zero-order chi connectivity index (χ0) is 15.6. The highest BCUT2D eigenvalue weighted by atomic mass is 16.4. The third kappa shape index (κ3) is 3.80. The van der Waals surface area contributed by atoms with Gasteiger partial charge in [0.1, 0.15) is 6.54 Å². The lowest BCUT2D eigenvalue weighted by molar-refractivity contribution is -0.144. The number of carboxylic acid groups (broad SMARTS) is 1. The van der Waals surface area contributed by atoms with Crippen molar-refractivity contribution in [3.05, 3.63) is 32.1 Å². The van der Waals surface area contributed by atoms with E-state index >= 15 is 0 Å². The molecule has 21 heavy (non-hydrogen) atoms. The van der Waals surface area contributed by atoms with Crippen molar-refractivity contribution in [3.8, 4) is 0 Å². The van der Waals surface area contributed by atoms with Crippen LogP contribution in [0.15, 0.2) is 9.59 Å². The predicted octanol–water partition coefficient (Wildman–Crippen LogP) is -0.620. The summed E-state index contributed by atoms with van der Waals surface area (Å²) in [5.41, 5.74) is -0.333. The highest BCUT2D eigenvalue weighted by Gasteiger charge is 2.33. The normalized spacial score (nSPS) is 14.0. The lowest BCUT2D eigenvalue weighted by atomic mass is 10.1. The second-order valence-electron chi connectivity index (χ2n) is 5.16. The lowest BCUT2D eigenvalue weighted by Gasteiger charge is -2.20. The van der Waals surface area contributed by atoms with Gasteiger partial charge >= 0.3 is 11.7 Å². The van der Waals surface area contributed by atoms with Crippen molar-refractivity contribution >= 4 is 11.9 Å². The Hall–Kier alpha value is -2.38. The quantitative estimate of drug-likeness (QED) is 0.645. The van der Waals surface area contributed by atoms with Crippen LogP contribution in [0.1, 0.15) is 30.5 Å². The van der Waals surface area contributed by atoms with Gasteiger partial charge in [-0.15, -0.1) is 0 Å². The summed E-state index contributed by atoms with van der Waals surface area (Å²) < 4.78 is 0. The Labute approximate surface area is 119 Å². The minimum Gasteiger partial charge on any atom is -0.480 e. The number of nitrogens with one attached hydrogen (secondary N) is 2. The Morgan fingerprint density at radius 1 is 1.29 bits per heavy atom. The highest BCUT2D eigenvalue weighted by molar-refractivity contribution is 5.82. The Morgan fingerprint density at radius 2 is 1.95 bits per heavy atom. The third-order valence-corrected chi connectivity index (χ3v) is 3.46. The number of aliphatic carboxylic acids is 1. The summed E-state index contributed by atoms with van der Waals surface area (Å²) in [4.78, 5) is 51.6. The van der Waals surface area contributed by atoms with Gasteiger partial charge in [-0.1, -0.05) is 0 Å². The Balaban J connectivity index is 2.05. The fourth-order valence-electron chi connectivity index (χ4n) is 2.26. The van der Waals surface area contributed by atoms with Crippen LogP contribution in [0.4, 0.5) is 0 Å². The molecular formula is C13H17N3O5. The molecule has 1 aromatic rings. The number of aromatic nitrogens is 2. The van der Waals surface area contributed by atoms with Crippen molar-refractivity contribution in [1.29, 1.82) is 0 Å². The van der Waals surface area contributed by atoms with Crippen LogP contribution in [0.25, 0.3) is 0 Å². The van der Waals surface area contributed by atoms with E-state index in [0.717, 1.165) is 12.8 Å². The first-order valence-corrected chi connectivity index (χ1v) is 6.72. The summed E-state index contributed by atoms with van der Waals surface area (Å²) in [6.45, 7) is 1.27. The summed E-state index contributed by atoms with van der Waals surface area (Å²) in [6, 6.07) is 0.00330. The van der Waals surface area contributed by atoms with E-state index in [4.69, 9.17) is 5.11 Å². The molecule has 0 aliphatic heterocycles. The molecule has 0 unspecified atom stereocenters. The summed E-state index contributed by atoms with van der Waals surface area (Å²) in [5.74, 6) is -1.33. The number of aromatic amines is 2. The molecule has 114 valence electrons. The van der Waals surface area contributed by atoms with Gasteiger partial charge in [-0.2, -0.15) is 0 Å². The maximum absolute atomic E-state index is 12.1. The fourth-order valence-corrected chi connectivity index (χ4v) is 2.26. The molecule has 8 heteroatoms. The number of hydrogen-bond donors (Lipinski definition) is 3. The van der Waals surface area contributed by atoms with Crippen LogP contribution in [0.3, 0.4) is 0 Å². The van der Waals surface area contributed by atoms with Gasteiger partial charge in [-0.05, 0) is 26.2 Å². The number of carbonyl (C=O) groups excluding carboxylic acids is 1. The van der Waals surface area contributed by atoms with Crippen LogP contribution in [-0.2, 0) is 16.0 Å². The monoisotopic (exact) mass is 295 g/mol. The number of aryl methyl sites for hydroxylation is 1. The molecule has 0 aromatic carbocycles. The molecule has 0 bridgehead atoms. The second-order valence-corrected chi connectivity index (χ2v) is 5.16. The molecule has 0 spiro atoms. The molecule has 1 heterocycles. The van der Waals surface area contributed by atoms with E-state index < -0.39 is 17.2 Å². The molecular weight excluding hydrogens is 278 g/mol. The van der Waals surface area contributed by atoms with Gasteiger partial charge in [0, 0.05) is 23.7 Å². The van der Waals surface area contributed by atoms with Crippen molar-refractivity contribution in [3.63, 3.8) is 0 Å². The van der Waals surface area contributed by atoms with E-state index in [1.807, 2.05) is 0 Å². The molecule has 8 nitrogen and oxygen atoms in total. The van der Waals surface area contributed by atoms with Gasteiger partial charge in [0.05, 0.1) is 0 Å². The number of hydrogen-bond acceptors (Lipinski definition) is 4. The molecule has 1 amide bonds. The summed E-state index contributed by atoms with van der Waals surface area (Å²) in [5, 5.41) is 8.82. The van der Waals surface area contributed by atoms with Gasteiger partial charge in [0.15, 0.2) is 0 Å². The van der Waals surface area contributed by atoms with E-state index in [0.29, 0.717) is 11.3 Å². The average Bonchev–Trinajstić information content (AvgIpc) is 3.18. The maximum atomic E-state index is 12.1. The van der Waals surface area contributed by atoms with Crippen molar-refractivity contribution in [1.82, 2.24) is 14.9 Å². The molecule has 1 aliphatic rings. The molecule has 0 saturated heterocycles. The molecule has 2 rings (SSSR count). The van der Waals surface area contributed by atoms with Crippen LogP contribution in [-0.4, -0.2) is 44.4 Å². The SMILES string of the molecule is Cc1[nH]c(=O)[nH]c(=O)c1CCC(=O)N(CC(=O)O)C1CC1. The number of carbonyl (C=O) groups is 2. The van der Waals surface area contributed by atoms with Crippen molar-refractivity contribution in [2.75, 3.05) is 6.54 Å². The van der Waals surface area contributed by atoms with E-state index in [1.54, 1.807) is 6.92 Å². The number of H-pyrrole nitrogens is 2. The van der Waals surface area contributed by atoms with Gasteiger partial charge in [0.2, 0.25) is 5.91 Å². The standard InChI is InChI=1S/C13H17N3O5/c1-7-9(12(20)15-13(21)14-7)4-5-10(17)16(6-11(18)19)8-2-3-8/h8H,2-6H2,1H3,(H,18,19)(H2,14,15,20,21). The van der Waals surface area contributed by atoms with Crippen molar-refractivity contribution < 1.29 is 14.7 Å². The molecule has 0 radical (unpaired) electrons. The summed E-state index contributed by atoms with van der Waals surface area (Å²) in [6.07, 6.45) is 1.84. The van der Waals surface area contributed by atoms with Gasteiger partial charge < -0.3 is 15.0 Å². The third-order valence-electron chi connectivity index (χ3n) is 3.46. The molecule has 0 atom stereocenters. The molecule has 1 aliphatic carbocycles. The first-order valence-electron chi connectivity index (χ1n) is 6.72. The molecule has 3 N–H and O–H groups in total. The molecule has 1 aromatic heterocycles. The first kappa shape index (κ1) is 15.0. The average molecular weight is 295 g/mol. The molecule has 1 saturated carbocycles. The lowest BCUT2D eigenvalue weighted by Crippen LogP contribution is -2.38. The van der Waals surface area contributed by atoms with Gasteiger partial charge in [-0.25, -0.2) is 4.79 Å². The second kappa shape index (κ2) is 5.94. The minimum atomic E-state index is -1.05. The highest BCUT2D eigenvalue weighted by Crippen LogP contribution is 2.27. The van der Waals surface area contributed by atoms with Crippen LogP contribution >= 0.6 is 0 Å². The van der Waals surface area contributed by atoms with E-state index in [1.165, 1.54) is 4.90 Å². The first-order chi connectivity index (χ1) is 9.88. The van der Waals surface area contributed by atoms with E-state index in [2.05, 4.69) is 9.97 Å². The largest absolute Gasteiger partial charge is 0.480 e. The van der Waals surface area contributed by atoms with Crippen molar-refractivity contribution in [2.45, 2.75) is 38.6 Å². The molecule has 1 fully saturated rings. The zero-order valence-electron chi connectivity index (χ0n) is 11.6. The van der Waals surface area contributed by atoms with Gasteiger partial charge in [0.25, 0.3) is 5.56 Å². The fraction of sp³-hybridized carbons (Fsp3) is 0.538. The smallest absolute Gasteiger partial charge is 0.325 e. The summed E-state index contributed by atoms with van der Waals surface area (Å²) >= 11 is 0. The van der Waals surface area contributed by atoms with Crippen LogP contribution in [0.2, 0.25) is 0 Å². The van der Waals surface area contributed by atoms with Gasteiger partial charge in [-0.3, -0.25) is 19.4 Å². The Kier molecular flexibility index (Phi) is 4.25.